The molecule has 68 valence electrons. The number of aliphatic hydroxyl groups is 1. The van der Waals surface area contributed by atoms with Crippen molar-refractivity contribution in [2.45, 2.75) is 25.4 Å². The van der Waals surface area contributed by atoms with Crippen LogP contribution < -0.4 is 0 Å². The van der Waals surface area contributed by atoms with E-state index in [1.807, 2.05) is 18.2 Å². The predicted octanol–water partition coefficient (Wildman–Crippen LogP) is 2.61. The van der Waals surface area contributed by atoms with Crippen LogP contribution in [0.1, 0.15) is 24.8 Å². The normalized spacial score (nSPS) is 22.5. The van der Waals surface area contributed by atoms with Crippen LogP contribution in [0.5, 0.6) is 0 Å². The van der Waals surface area contributed by atoms with Crippen molar-refractivity contribution in [2.75, 3.05) is 0 Å². The third-order valence-electron chi connectivity index (χ3n) is 2.51. The summed E-state index contributed by atoms with van der Waals surface area (Å²) >= 11 is 0. The minimum Gasteiger partial charge on any atom is -0.388 e. The van der Waals surface area contributed by atoms with E-state index in [0.717, 1.165) is 30.4 Å². The highest BCUT2D eigenvalue weighted by molar-refractivity contribution is 5.69. The summed E-state index contributed by atoms with van der Waals surface area (Å²) in [6.07, 6.45) is 5.01. The molecule has 1 N–H and O–H groups in total. The number of benzene rings is 1. The van der Waals surface area contributed by atoms with Gasteiger partial charge in [0.15, 0.2) is 0 Å². The topological polar surface area (TPSA) is 20.2 Å². The fourth-order valence-corrected chi connectivity index (χ4v) is 1.80. The maximum Gasteiger partial charge on any atom is 0.0792 e. The molecule has 0 aliphatic heterocycles. The second-order valence-corrected chi connectivity index (χ2v) is 3.47. The van der Waals surface area contributed by atoms with Gasteiger partial charge in [0.05, 0.1) is 6.10 Å². The van der Waals surface area contributed by atoms with Crippen molar-refractivity contribution in [3.63, 3.8) is 0 Å². The summed E-state index contributed by atoms with van der Waals surface area (Å²) in [6, 6.07) is 10.1. The standard InChI is InChI=1S/C12H14O/c13-12-9-5-4-8-11(12)10-6-2-1-3-7-10/h1-3,6-8,12-13H,4-5,9H2/t12-/m0/s1. The van der Waals surface area contributed by atoms with Crippen LogP contribution in [-0.2, 0) is 0 Å². The van der Waals surface area contributed by atoms with Crippen LogP contribution in [0.15, 0.2) is 36.4 Å². The number of allylic oxidation sites excluding steroid dienone is 1. The molecule has 1 aliphatic rings. The Morgan fingerprint density at radius 2 is 1.92 bits per heavy atom. The maximum atomic E-state index is 9.75. The van der Waals surface area contributed by atoms with Gasteiger partial charge in [-0.15, -0.1) is 0 Å². The van der Waals surface area contributed by atoms with E-state index in [0.29, 0.717) is 0 Å². The van der Waals surface area contributed by atoms with Crippen LogP contribution in [0, 0.1) is 0 Å². The molecule has 1 atom stereocenters. The van der Waals surface area contributed by atoms with E-state index in [9.17, 15) is 5.11 Å². The van der Waals surface area contributed by atoms with Gasteiger partial charge < -0.3 is 5.11 Å². The van der Waals surface area contributed by atoms with E-state index in [2.05, 4.69) is 18.2 Å². The molecule has 0 saturated heterocycles. The number of hydrogen-bond donors (Lipinski definition) is 1. The lowest BCUT2D eigenvalue weighted by Crippen LogP contribution is -2.12. The summed E-state index contributed by atoms with van der Waals surface area (Å²) in [6.45, 7) is 0. The molecule has 0 spiro atoms. The molecule has 0 fully saturated rings. The molecule has 1 nitrogen and oxygen atoms in total. The molecular formula is C12H14O. The van der Waals surface area contributed by atoms with Crippen LogP contribution in [0.2, 0.25) is 0 Å². The highest BCUT2D eigenvalue weighted by Crippen LogP contribution is 2.26. The Balaban J connectivity index is 2.30. The van der Waals surface area contributed by atoms with Crippen LogP contribution in [0.3, 0.4) is 0 Å². The van der Waals surface area contributed by atoms with Crippen molar-refractivity contribution in [3.8, 4) is 0 Å². The van der Waals surface area contributed by atoms with E-state index in [-0.39, 0.29) is 6.10 Å². The lowest BCUT2D eigenvalue weighted by Gasteiger charge is -2.19. The minimum atomic E-state index is -0.254. The van der Waals surface area contributed by atoms with E-state index in [4.69, 9.17) is 0 Å². The van der Waals surface area contributed by atoms with Crippen molar-refractivity contribution in [3.05, 3.63) is 42.0 Å². The van der Waals surface area contributed by atoms with Gasteiger partial charge in [0.25, 0.3) is 0 Å². The molecule has 0 amide bonds. The van der Waals surface area contributed by atoms with Crippen molar-refractivity contribution >= 4 is 5.57 Å². The fraction of sp³-hybridized carbons (Fsp3) is 0.333. The molecule has 0 saturated carbocycles. The average molecular weight is 174 g/mol. The highest BCUT2D eigenvalue weighted by atomic mass is 16.3. The van der Waals surface area contributed by atoms with Crippen LogP contribution in [0.4, 0.5) is 0 Å². The summed E-state index contributed by atoms with van der Waals surface area (Å²) in [4.78, 5) is 0. The van der Waals surface area contributed by atoms with Gasteiger partial charge in [0.2, 0.25) is 0 Å². The van der Waals surface area contributed by atoms with Crippen molar-refractivity contribution in [1.82, 2.24) is 0 Å². The Morgan fingerprint density at radius 1 is 1.15 bits per heavy atom. The van der Waals surface area contributed by atoms with Gasteiger partial charge in [-0.05, 0) is 30.4 Å². The largest absolute Gasteiger partial charge is 0.388 e. The zero-order valence-electron chi connectivity index (χ0n) is 7.61. The smallest absolute Gasteiger partial charge is 0.0792 e. The Bertz CT molecular complexity index is 300. The maximum absolute atomic E-state index is 9.75. The molecule has 1 aliphatic carbocycles. The SMILES string of the molecule is O[C@H]1CCCC=C1c1ccccc1. The summed E-state index contributed by atoms with van der Waals surface area (Å²) < 4.78 is 0. The van der Waals surface area contributed by atoms with Gasteiger partial charge >= 0.3 is 0 Å². The second kappa shape index (κ2) is 3.75. The van der Waals surface area contributed by atoms with Crippen molar-refractivity contribution in [1.29, 1.82) is 0 Å². The molecular weight excluding hydrogens is 160 g/mol. The zero-order valence-corrected chi connectivity index (χ0v) is 7.61. The van der Waals surface area contributed by atoms with E-state index in [1.165, 1.54) is 0 Å². The van der Waals surface area contributed by atoms with E-state index in [1.54, 1.807) is 0 Å². The van der Waals surface area contributed by atoms with Crippen molar-refractivity contribution in [2.24, 2.45) is 0 Å². The van der Waals surface area contributed by atoms with Crippen molar-refractivity contribution < 1.29 is 5.11 Å². The molecule has 2 rings (SSSR count). The minimum absolute atomic E-state index is 0.254. The Labute approximate surface area is 78.7 Å². The number of rotatable bonds is 1. The van der Waals surface area contributed by atoms with Gasteiger partial charge in [-0.25, -0.2) is 0 Å². The fourth-order valence-electron chi connectivity index (χ4n) is 1.80. The van der Waals surface area contributed by atoms with Crippen LogP contribution >= 0.6 is 0 Å². The summed E-state index contributed by atoms with van der Waals surface area (Å²) in [5.74, 6) is 0. The van der Waals surface area contributed by atoms with E-state index < -0.39 is 0 Å². The molecule has 1 aromatic carbocycles. The van der Waals surface area contributed by atoms with Gasteiger partial charge in [0, 0.05) is 0 Å². The summed E-state index contributed by atoms with van der Waals surface area (Å²) in [7, 11) is 0. The molecule has 1 heteroatoms. The number of hydrogen-bond acceptors (Lipinski definition) is 1. The third kappa shape index (κ3) is 1.81. The molecule has 0 unspecified atom stereocenters. The third-order valence-corrected chi connectivity index (χ3v) is 2.51. The molecule has 1 aromatic rings. The highest BCUT2D eigenvalue weighted by Gasteiger charge is 2.15. The lowest BCUT2D eigenvalue weighted by atomic mass is 9.91. The summed E-state index contributed by atoms with van der Waals surface area (Å²) in [5.41, 5.74) is 2.27. The first-order valence-corrected chi connectivity index (χ1v) is 4.81. The first kappa shape index (κ1) is 8.52. The molecule has 0 heterocycles. The predicted molar refractivity (Wildman–Crippen MR) is 54.3 cm³/mol. The van der Waals surface area contributed by atoms with Gasteiger partial charge in [-0.1, -0.05) is 36.4 Å². The van der Waals surface area contributed by atoms with Gasteiger partial charge in [-0.2, -0.15) is 0 Å². The molecule has 0 radical (unpaired) electrons. The summed E-state index contributed by atoms with van der Waals surface area (Å²) in [5, 5.41) is 9.75. The molecule has 0 aromatic heterocycles. The van der Waals surface area contributed by atoms with Crippen LogP contribution in [0.25, 0.3) is 5.57 Å². The molecule has 13 heavy (non-hydrogen) atoms. The Hall–Kier alpha value is -1.08. The van der Waals surface area contributed by atoms with Crippen LogP contribution in [-0.4, -0.2) is 11.2 Å². The average Bonchev–Trinajstić information content (AvgIpc) is 2.20. The molecule has 0 bridgehead atoms. The first-order valence-electron chi connectivity index (χ1n) is 4.81. The van der Waals surface area contributed by atoms with Gasteiger partial charge in [0.1, 0.15) is 0 Å². The Morgan fingerprint density at radius 3 is 2.62 bits per heavy atom. The zero-order chi connectivity index (χ0) is 9.10. The lowest BCUT2D eigenvalue weighted by molar-refractivity contribution is 0.214. The first-order chi connectivity index (χ1) is 6.38. The second-order valence-electron chi connectivity index (χ2n) is 3.47. The Kier molecular flexibility index (Phi) is 2.46. The number of aliphatic hydroxyl groups excluding tert-OH is 1. The quantitative estimate of drug-likeness (QED) is 0.694. The van der Waals surface area contributed by atoms with E-state index >= 15 is 0 Å². The monoisotopic (exact) mass is 174 g/mol. The van der Waals surface area contributed by atoms with Gasteiger partial charge in [-0.3, -0.25) is 0 Å².